The average molecular weight is 469 g/mol. The number of carbonyl (C=O) groups is 1. The van der Waals surface area contributed by atoms with E-state index >= 15 is 0 Å². The van der Waals surface area contributed by atoms with Crippen molar-refractivity contribution in [2.75, 3.05) is 51.4 Å². The Balaban J connectivity index is 2.03. The Hall–Kier alpha value is -2.73. The summed E-state index contributed by atoms with van der Waals surface area (Å²) in [5.74, 6) is 0.888. The van der Waals surface area contributed by atoms with Gasteiger partial charge in [-0.1, -0.05) is 30.4 Å². The first-order valence-electron chi connectivity index (χ1n) is 12.1. The molecule has 0 spiro atoms. The van der Waals surface area contributed by atoms with E-state index in [0.29, 0.717) is 26.3 Å². The molecule has 2 aliphatic rings. The Labute approximate surface area is 204 Å². The first kappa shape index (κ1) is 25.9. The van der Waals surface area contributed by atoms with Crippen molar-refractivity contribution in [3.8, 4) is 5.75 Å². The van der Waals surface area contributed by atoms with E-state index in [2.05, 4.69) is 49.6 Å². The number of fused-ring (bicyclic) bond motifs is 2. The number of ether oxygens (including phenoxy) is 3. The SMILES string of the molecule is C=C(/C=C\C=C(C)C)c1c2c(cc3c1N(CCOC)CCO3)CCN(C(=O)OC(C)(C)C)CC2. The Kier molecular flexibility index (Phi) is 8.47. The number of methoxy groups -OCH3 is 1. The molecular weight excluding hydrogens is 428 g/mol. The van der Waals surface area contributed by atoms with Gasteiger partial charge in [0.1, 0.15) is 18.0 Å². The Bertz CT molecular complexity index is 968. The van der Waals surface area contributed by atoms with Crippen LogP contribution in [0.2, 0.25) is 0 Å². The number of hydrogen-bond donors (Lipinski definition) is 0. The van der Waals surface area contributed by atoms with Crippen LogP contribution in [-0.4, -0.2) is 63.1 Å². The maximum absolute atomic E-state index is 12.8. The Morgan fingerprint density at radius 2 is 1.94 bits per heavy atom. The standard InChI is InChI=1S/C28H40N2O4/c1-20(2)9-8-10-21(3)25-23-12-14-30(27(31)34-28(4,5)6)13-11-22(23)19-24-26(25)29(15-17-32-7)16-18-33-24/h8-10,19H,3,11-18H2,1-2,4-7H3/b10-8-. The van der Waals surface area contributed by atoms with Crippen LogP contribution in [0.15, 0.2) is 36.4 Å². The topological polar surface area (TPSA) is 51.2 Å². The molecule has 0 atom stereocenters. The largest absolute Gasteiger partial charge is 0.490 e. The average Bonchev–Trinajstić information content (AvgIpc) is 2.97. The van der Waals surface area contributed by atoms with Gasteiger partial charge in [-0.3, -0.25) is 0 Å². The van der Waals surface area contributed by atoms with Gasteiger partial charge >= 0.3 is 6.09 Å². The van der Waals surface area contributed by atoms with Gasteiger partial charge in [-0.2, -0.15) is 0 Å². The zero-order valence-electron chi connectivity index (χ0n) is 21.7. The highest BCUT2D eigenvalue weighted by Gasteiger charge is 2.30. The molecule has 2 heterocycles. The first-order chi connectivity index (χ1) is 16.1. The van der Waals surface area contributed by atoms with Gasteiger partial charge < -0.3 is 24.0 Å². The molecule has 0 N–H and O–H groups in total. The minimum absolute atomic E-state index is 0.258. The molecule has 3 rings (SSSR count). The van der Waals surface area contributed by atoms with Crippen molar-refractivity contribution in [2.45, 2.75) is 53.1 Å². The summed E-state index contributed by atoms with van der Waals surface area (Å²) in [5.41, 5.74) is 6.32. The van der Waals surface area contributed by atoms with Crippen molar-refractivity contribution in [1.82, 2.24) is 4.90 Å². The summed E-state index contributed by atoms with van der Waals surface area (Å²) in [6.07, 6.45) is 7.44. The predicted octanol–water partition coefficient (Wildman–Crippen LogP) is 5.40. The molecule has 34 heavy (non-hydrogen) atoms. The molecule has 1 aromatic carbocycles. The normalized spacial score (nSPS) is 15.8. The monoisotopic (exact) mass is 468 g/mol. The highest BCUT2D eigenvalue weighted by Crippen LogP contribution is 2.43. The van der Waals surface area contributed by atoms with Crippen molar-refractivity contribution in [2.24, 2.45) is 0 Å². The fourth-order valence-corrected chi connectivity index (χ4v) is 4.38. The third kappa shape index (κ3) is 6.44. The summed E-state index contributed by atoms with van der Waals surface area (Å²) in [7, 11) is 1.73. The molecule has 6 heteroatoms. The highest BCUT2D eigenvalue weighted by atomic mass is 16.6. The maximum Gasteiger partial charge on any atom is 0.410 e. The number of nitrogens with zero attached hydrogens (tertiary/aromatic N) is 2. The van der Waals surface area contributed by atoms with Crippen LogP contribution in [0.3, 0.4) is 0 Å². The van der Waals surface area contributed by atoms with Crippen molar-refractivity contribution in [3.63, 3.8) is 0 Å². The first-order valence-corrected chi connectivity index (χ1v) is 12.1. The van der Waals surface area contributed by atoms with Gasteiger partial charge in [-0.05, 0) is 70.2 Å². The number of hydrogen-bond acceptors (Lipinski definition) is 5. The number of benzene rings is 1. The summed E-state index contributed by atoms with van der Waals surface area (Å²) in [4.78, 5) is 17.0. The number of carbonyl (C=O) groups excluding carboxylic acids is 1. The van der Waals surface area contributed by atoms with Gasteiger partial charge in [-0.15, -0.1) is 0 Å². The maximum atomic E-state index is 12.8. The van der Waals surface area contributed by atoms with E-state index < -0.39 is 5.60 Å². The molecule has 0 saturated heterocycles. The van der Waals surface area contributed by atoms with Crippen molar-refractivity contribution in [1.29, 1.82) is 0 Å². The second-order valence-electron chi connectivity index (χ2n) is 10.2. The summed E-state index contributed by atoms with van der Waals surface area (Å²) in [6.45, 7) is 18.4. The van der Waals surface area contributed by atoms with E-state index in [9.17, 15) is 4.79 Å². The number of allylic oxidation sites excluding steroid dienone is 5. The molecule has 0 fully saturated rings. The lowest BCUT2D eigenvalue weighted by Gasteiger charge is -2.35. The van der Waals surface area contributed by atoms with Gasteiger partial charge in [0.2, 0.25) is 0 Å². The van der Waals surface area contributed by atoms with Gasteiger partial charge in [-0.25, -0.2) is 4.79 Å². The fraction of sp³-hybridized carbons (Fsp3) is 0.536. The zero-order valence-corrected chi connectivity index (χ0v) is 21.7. The Morgan fingerprint density at radius 3 is 2.62 bits per heavy atom. The van der Waals surface area contributed by atoms with Crippen LogP contribution in [0.1, 0.15) is 51.3 Å². The highest BCUT2D eigenvalue weighted by molar-refractivity contribution is 5.88. The molecule has 1 aromatic rings. The lowest BCUT2D eigenvalue weighted by Crippen LogP contribution is -2.38. The second kappa shape index (κ2) is 11.1. The van der Waals surface area contributed by atoms with Crippen LogP contribution in [0.4, 0.5) is 10.5 Å². The van der Waals surface area contributed by atoms with Gasteiger partial charge in [0.15, 0.2) is 0 Å². The summed E-state index contributed by atoms with van der Waals surface area (Å²) >= 11 is 0. The molecule has 186 valence electrons. The van der Waals surface area contributed by atoms with Crippen LogP contribution in [-0.2, 0) is 22.3 Å². The van der Waals surface area contributed by atoms with E-state index in [1.54, 1.807) is 7.11 Å². The fourth-order valence-electron chi connectivity index (χ4n) is 4.38. The van der Waals surface area contributed by atoms with Gasteiger partial charge in [0.25, 0.3) is 0 Å². The lowest BCUT2D eigenvalue weighted by molar-refractivity contribution is 0.0258. The quantitative estimate of drug-likeness (QED) is 0.523. The third-order valence-electron chi connectivity index (χ3n) is 5.95. The van der Waals surface area contributed by atoms with Crippen LogP contribution >= 0.6 is 0 Å². The van der Waals surface area contributed by atoms with Crippen LogP contribution in [0.5, 0.6) is 5.75 Å². The summed E-state index contributed by atoms with van der Waals surface area (Å²) in [5, 5.41) is 0. The number of amides is 1. The minimum Gasteiger partial charge on any atom is -0.490 e. The van der Waals surface area contributed by atoms with Crippen molar-refractivity contribution in [3.05, 3.63) is 53.1 Å². The van der Waals surface area contributed by atoms with E-state index in [1.165, 1.54) is 16.7 Å². The smallest absolute Gasteiger partial charge is 0.410 e. The van der Waals surface area contributed by atoms with Gasteiger partial charge in [0.05, 0.1) is 18.8 Å². The molecule has 0 saturated carbocycles. The molecule has 2 aliphatic heterocycles. The summed E-state index contributed by atoms with van der Waals surface area (Å²) in [6, 6.07) is 2.17. The third-order valence-corrected chi connectivity index (χ3v) is 5.95. The van der Waals surface area contributed by atoms with Crippen LogP contribution in [0.25, 0.3) is 5.57 Å². The molecular formula is C28H40N2O4. The molecule has 6 nitrogen and oxygen atoms in total. The van der Waals surface area contributed by atoms with E-state index in [4.69, 9.17) is 14.2 Å². The molecule has 0 aromatic heterocycles. The molecule has 0 unspecified atom stereocenters. The predicted molar refractivity (Wildman–Crippen MR) is 139 cm³/mol. The summed E-state index contributed by atoms with van der Waals surface area (Å²) < 4.78 is 17.2. The van der Waals surface area contributed by atoms with Gasteiger partial charge in [0, 0.05) is 32.3 Å². The van der Waals surface area contributed by atoms with Crippen LogP contribution in [0, 0.1) is 0 Å². The molecule has 1 amide bonds. The number of anilines is 1. The minimum atomic E-state index is -0.514. The van der Waals surface area contributed by atoms with E-state index in [0.717, 1.165) is 48.5 Å². The molecule has 0 aliphatic carbocycles. The number of rotatable bonds is 6. The van der Waals surface area contributed by atoms with Crippen molar-refractivity contribution >= 4 is 17.4 Å². The lowest BCUT2D eigenvalue weighted by atomic mass is 9.89. The Morgan fingerprint density at radius 1 is 1.21 bits per heavy atom. The second-order valence-corrected chi connectivity index (χ2v) is 10.2. The molecule has 0 bridgehead atoms. The van der Waals surface area contributed by atoms with E-state index in [-0.39, 0.29) is 6.09 Å². The van der Waals surface area contributed by atoms with E-state index in [1.807, 2.05) is 25.7 Å². The van der Waals surface area contributed by atoms with Crippen LogP contribution < -0.4 is 9.64 Å². The molecule has 0 radical (unpaired) electrons. The zero-order chi connectivity index (χ0) is 24.9. The van der Waals surface area contributed by atoms with Crippen molar-refractivity contribution < 1.29 is 19.0 Å².